The number of nitrogens with one attached hydrogen (secondary N) is 1. The maximum absolute atomic E-state index is 5.43. The molecule has 5 heteroatoms. The second-order valence-corrected chi connectivity index (χ2v) is 4.06. The summed E-state index contributed by atoms with van der Waals surface area (Å²) in [4.78, 5) is 8.73. The minimum absolute atomic E-state index is 0.665. The van der Waals surface area contributed by atoms with Crippen LogP contribution in [0.4, 0.5) is 5.82 Å². The number of hydrogen-bond acceptors (Lipinski definition) is 4. The van der Waals surface area contributed by atoms with E-state index in [0.29, 0.717) is 5.82 Å². The van der Waals surface area contributed by atoms with Crippen LogP contribution in [0.1, 0.15) is 12.7 Å². The van der Waals surface area contributed by atoms with E-state index in [1.165, 1.54) is 0 Å². The summed E-state index contributed by atoms with van der Waals surface area (Å²) in [6, 6.07) is 5.85. The smallest absolute Gasteiger partial charge is 0.151 e. The van der Waals surface area contributed by atoms with Crippen LogP contribution in [0.2, 0.25) is 0 Å². The van der Waals surface area contributed by atoms with Crippen LogP contribution in [0.15, 0.2) is 22.7 Å². The van der Waals surface area contributed by atoms with Gasteiger partial charge in [0.05, 0.1) is 5.52 Å². The van der Waals surface area contributed by atoms with Gasteiger partial charge in [0, 0.05) is 16.3 Å². The summed E-state index contributed by atoms with van der Waals surface area (Å²) in [5, 5.41) is 0.920. The summed E-state index contributed by atoms with van der Waals surface area (Å²) < 4.78 is 0.986. The fourth-order valence-corrected chi connectivity index (χ4v) is 1.78. The van der Waals surface area contributed by atoms with Gasteiger partial charge in [-0.15, -0.1) is 0 Å². The number of benzene rings is 1. The zero-order valence-electron chi connectivity index (χ0n) is 8.29. The number of halogens is 1. The van der Waals surface area contributed by atoms with E-state index in [0.717, 1.165) is 27.6 Å². The van der Waals surface area contributed by atoms with Crippen molar-refractivity contribution in [1.82, 2.24) is 9.97 Å². The Hall–Kier alpha value is -1.20. The minimum atomic E-state index is 0.665. The number of nitrogens with two attached hydrogens (primary N) is 1. The normalized spacial score (nSPS) is 10.6. The van der Waals surface area contributed by atoms with E-state index in [2.05, 4.69) is 31.3 Å². The predicted octanol–water partition coefficient (Wildman–Crippen LogP) is 2.24. The molecular weight excluding hydrogens is 256 g/mol. The molecule has 78 valence electrons. The molecule has 3 N–H and O–H groups in total. The van der Waals surface area contributed by atoms with Crippen molar-refractivity contribution >= 4 is 32.7 Å². The molecule has 0 saturated heterocycles. The maximum Gasteiger partial charge on any atom is 0.151 e. The van der Waals surface area contributed by atoms with E-state index in [9.17, 15) is 0 Å². The number of nitrogens with zero attached hydrogens (tertiary/aromatic N) is 2. The molecule has 2 rings (SSSR count). The quantitative estimate of drug-likeness (QED) is 0.647. The molecule has 15 heavy (non-hydrogen) atoms. The molecular formula is C10H11BrN4. The number of anilines is 1. The lowest BCUT2D eigenvalue weighted by Gasteiger charge is -2.06. The molecule has 1 aromatic carbocycles. The van der Waals surface area contributed by atoms with Crippen LogP contribution in [-0.4, -0.2) is 9.97 Å². The van der Waals surface area contributed by atoms with E-state index in [1.807, 2.05) is 25.1 Å². The Morgan fingerprint density at radius 3 is 2.87 bits per heavy atom. The Bertz CT molecular complexity index is 498. The Labute approximate surface area is 96.0 Å². The van der Waals surface area contributed by atoms with Gasteiger partial charge in [0.1, 0.15) is 5.82 Å². The number of fused-ring (bicyclic) bond motifs is 1. The van der Waals surface area contributed by atoms with Crippen molar-refractivity contribution in [3.8, 4) is 0 Å². The van der Waals surface area contributed by atoms with Gasteiger partial charge in [-0.25, -0.2) is 15.8 Å². The minimum Gasteiger partial charge on any atom is -0.308 e. The fraction of sp³-hybridized carbons (Fsp3) is 0.200. The Morgan fingerprint density at radius 1 is 1.40 bits per heavy atom. The first kappa shape index (κ1) is 10.3. The van der Waals surface area contributed by atoms with Gasteiger partial charge < -0.3 is 5.43 Å². The average Bonchev–Trinajstić information content (AvgIpc) is 2.27. The van der Waals surface area contributed by atoms with E-state index < -0.39 is 0 Å². The van der Waals surface area contributed by atoms with Crippen LogP contribution >= 0.6 is 15.9 Å². The van der Waals surface area contributed by atoms with Crippen LogP contribution in [0.5, 0.6) is 0 Å². The molecule has 0 bridgehead atoms. The maximum atomic E-state index is 5.43. The predicted molar refractivity (Wildman–Crippen MR) is 64.4 cm³/mol. The molecule has 0 spiro atoms. The molecule has 1 heterocycles. The number of nitrogen functional groups attached to an aromatic ring is 1. The molecule has 0 saturated carbocycles. The summed E-state index contributed by atoms with van der Waals surface area (Å²) >= 11 is 3.41. The molecule has 1 aromatic heterocycles. The van der Waals surface area contributed by atoms with E-state index in [4.69, 9.17) is 5.84 Å². The van der Waals surface area contributed by atoms with Gasteiger partial charge in [0.15, 0.2) is 5.82 Å². The molecule has 0 radical (unpaired) electrons. The first-order valence-electron chi connectivity index (χ1n) is 4.67. The summed E-state index contributed by atoms with van der Waals surface area (Å²) in [7, 11) is 0. The van der Waals surface area contributed by atoms with Crippen molar-refractivity contribution in [3.05, 3.63) is 28.5 Å². The third-order valence-corrected chi connectivity index (χ3v) is 2.65. The summed E-state index contributed by atoms with van der Waals surface area (Å²) in [5.74, 6) is 6.89. The molecule has 4 nitrogen and oxygen atoms in total. The first-order valence-corrected chi connectivity index (χ1v) is 5.46. The van der Waals surface area contributed by atoms with Crippen molar-refractivity contribution < 1.29 is 0 Å². The highest BCUT2D eigenvalue weighted by Crippen LogP contribution is 2.23. The van der Waals surface area contributed by atoms with Gasteiger partial charge >= 0.3 is 0 Å². The van der Waals surface area contributed by atoms with Crippen LogP contribution in [0.3, 0.4) is 0 Å². The van der Waals surface area contributed by atoms with E-state index >= 15 is 0 Å². The average molecular weight is 267 g/mol. The summed E-state index contributed by atoms with van der Waals surface area (Å²) in [6.45, 7) is 2.01. The molecule has 0 unspecified atom stereocenters. The largest absolute Gasteiger partial charge is 0.308 e. The van der Waals surface area contributed by atoms with E-state index in [-0.39, 0.29) is 0 Å². The third kappa shape index (κ3) is 1.93. The lowest BCUT2D eigenvalue weighted by molar-refractivity contribution is 0.959. The SMILES string of the molecule is CCc1nc(NN)c2cc(Br)ccc2n1. The highest BCUT2D eigenvalue weighted by atomic mass is 79.9. The van der Waals surface area contributed by atoms with Crippen LogP contribution in [-0.2, 0) is 6.42 Å². The van der Waals surface area contributed by atoms with Crippen LogP contribution in [0.25, 0.3) is 10.9 Å². The number of hydrogen-bond donors (Lipinski definition) is 2. The van der Waals surface area contributed by atoms with Gasteiger partial charge in [0.25, 0.3) is 0 Å². The standard InChI is InChI=1S/C10H11BrN4/c1-2-9-13-8-4-3-6(11)5-7(8)10(14-9)15-12/h3-5H,2,12H2,1H3,(H,13,14,15). The molecule has 0 atom stereocenters. The van der Waals surface area contributed by atoms with Crippen molar-refractivity contribution in [2.45, 2.75) is 13.3 Å². The molecule has 0 aliphatic rings. The summed E-state index contributed by atoms with van der Waals surface area (Å²) in [6.07, 6.45) is 0.792. The van der Waals surface area contributed by atoms with Crippen molar-refractivity contribution in [1.29, 1.82) is 0 Å². The van der Waals surface area contributed by atoms with Gasteiger partial charge in [-0.2, -0.15) is 0 Å². The van der Waals surface area contributed by atoms with Crippen molar-refractivity contribution in [3.63, 3.8) is 0 Å². The van der Waals surface area contributed by atoms with Crippen LogP contribution < -0.4 is 11.3 Å². The van der Waals surface area contributed by atoms with E-state index in [1.54, 1.807) is 0 Å². The van der Waals surface area contributed by atoms with Gasteiger partial charge in [-0.3, -0.25) is 0 Å². The monoisotopic (exact) mass is 266 g/mol. The zero-order valence-corrected chi connectivity index (χ0v) is 9.87. The molecule has 0 aliphatic heterocycles. The lowest BCUT2D eigenvalue weighted by Crippen LogP contribution is -2.11. The van der Waals surface area contributed by atoms with Crippen LogP contribution in [0, 0.1) is 0 Å². The van der Waals surface area contributed by atoms with Gasteiger partial charge in [-0.05, 0) is 18.2 Å². The second kappa shape index (κ2) is 4.12. The number of hydrazine groups is 1. The first-order chi connectivity index (χ1) is 7.24. The zero-order chi connectivity index (χ0) is 10.8. The molecule has 2 aromatic rings. The lowest BCUT2D eigenvalue weighted by atomic mass is 10.2. The van der Waals surface area contributed by atoms with Gasteiger partial charge in [0.2, 0.25) is 0 Å². The number of aryl methyl sites for hydroxylation is 1. The fourth-order valence-electron chi connectivity index (χ4n) is 1.42. The molecule has 0 aliphatic carbocycles. The van der Waals surface area contributed by atoms with Gasteiger partial charge in [-0.1, -0.05) is 22.9 Å². The summed E-state index contributed by atoms with van der Waals surface area (Å²) in [5.41, 5.74) is 3.50. The topological polar surface area (TPSA) is 63.8 Å². The Balaban J connectivity index is 2.75. The van der Waals surface area contributed by atoms with Crippen molar-refractivity contribution in [2.24, 2.45) is 5.84 Å². The van der Waals surface area contributed by atoms with Crippen molar-refractivity contribution in [2.75, 3.05) is 5.43 Å². The highest BCUT2D eigenvalue weighted by Gasteiger charge is 2.05. The second-order valence-electron chi connectivity index (χ2n) is 3.15. The molecule has 0 fully saturated rings. The number of rotatable bonds is 2. The third-order valence-electron chi connectivity index (χ3n) is 2.16. The Kier molecular flexibility index (Phi) is 2.83. The highest BCUT2D eigenvalue weighted by molar-refractivity contribution is 9.10. The Morgan fingerprint density at radius 2 is 2.20 bits per heavy atom. The molecule has 0 amide bonds. The number of aromatic nitrogens is 2.